The molecule has 1 aromatic carbocycles. The number of benzene rings is 1. The molecule has 0 aliphatic rings. The van der Waals surface area contributed by atoms with Crippen LogP contribution in [-0.4, -0.2) is 55.0 Å². The first-order valence-corrected chi connectivity index (χ1v) is 9.84. The highest BCUT2D eigenvalue weighted by atomic mass is 35.5. The molecule has 0 aliphatic heterocycles. The molecule has 0 radical (unpaired) electrons. The van der Waals surface area contributed by atoms with Crippen LogP contribution in [0.4, 0.5) is 4.79 Å². The van der Waals surface area contributed by atoms with Gasteiger partial charge < -0.3 is 15.4 Å². The van der Waals surface area contributed by atoms with Crippen LogP contribution in [0.15, 0.2) is 24.3 Å². The van der Waals surface area contributed by atoms with Gasteiger partial charge in [-0.15, -0.1) is 0 Å². The van der Waals surface area contributed by atoms with E-state index in [1.54, 1.807) is 18.2 Å². The second-order valence-corrected chi connectivity index (χ2v) is 6.83. The Labute approximate surface area is 166 Å². The fourth-order valence-electron chi connectivity index (χ4n) is 1.95. The molecule has 27 heavy (non-hydrogen) atoms. The molecule has 0 aromatic heterocycles. The van der Waals surface area contributed by atoms with Crippen molar-refractivity contribution >= 4 is 47.2 Å². The van der Waals surface area contributed by atoms with Gasteiger partial charge in [0.1, 0.15) is 6.04 Å². The van der Waals surface area contributed by atoms with Gasteiger partial charge in [0.25, 0.3) is 11.8 Å². The van der Waals surface area contributed by atoms with Crippen LogP contribution in [0.5, 0.6) is 0 Å². The molecule has 10 heteroatoms. The predicted octanol–water partition coefficient (Wildman–Crippen LogP) is 1.58. The van der Waals surface area contributed by atoms with Gasteiger partial charge in [-0.1, -0.05) is 23.7 Å². The lowest BCUT2D eigenvalue weighted by atomic mass is 10.1. The number of urea groups is 1. The summed E-state index contributed by atoms with van der Waals surface area (Å²) < 4.78 is 5.10. The van der Waals surface area contributed by atoms with Crippen molar-refractivity contribution in [2.24, 2.45) is 0 Å². The van der Waals surface area contributed by atoms with E-state index >= 15 is 0 Å². The van der Waals surface area contributed by atoms with Crippen LogP contribution in [0.2, 0.25) is 5.02 Å². The Hall–Kier alpha value is -2.26. The summed E-state index contributed by atoms with van der Waals surface area (Å²) in [4.78, 5) is 47.8. The van der Waals surface area contributed by atoms with Crippen molar-refractivity contribution in [1.82, 2.24) is 16.0 Å². The maximum Gasteiger partial charge on any atom is 0.329 e. The second-order valence-electron chi connectivity index (χ2n) is 5.43. The highest BCUT2D eigenvalue weighted by molar-refractivity contribution is 7.98. The van der Waals surface area contributed by atoms with Crippen molar-refractivity contribution in [1.29, 1.82) is 0 Å². The van der Waals surface area contributed by atoms with Gasteiger partial charge in [-0.25, -0.2) is 9.59 Å². The summed E-state index contributed by atoms with van der Waals surface area (Å²) in [6, 6.07) is 4.77. The summed E-state index contributed by atoms with van der Waals surface area (Å²) in [5, 5.41) is 7.07. The lowest BCUT2D eigenvalue weighted by molar-refractivity contribution is -0.156. The average Bonchev–Trinajstić information content (AvgIpc) is 2.64. The van der Waals surface area contributed by atoms with E-state index in [1.165, 1.54) is 31.8 Å². The molecule has 0 heterocycles. The Morgan fingerprint density at radius 3 is 2.48 bits per heavy atom. The van der Waals surface area contributed by atoms with Gasteiger partial charge in [-0.05, 0) is 37.5 Å². The van der Waals surface area contributed by atoms with E-state index < -0.39 is 36.0 Å². The molecule has 148 valence electrons. The second kappa shape index (κ2) is 11.5. The molecule has 0 saturated heterocycles. The minimum Gasteiger partial charge on any atom is -0.451 e. The van der Waals surface area contributed by atoms with Crippen molar-refractivity contribution in [3.05, 3.63) is 34.9 Å². The zero-order chi connectivity index (χ0) is 20.4. The van der Waals surface area contributed by atoms with Gasteiger partial charge in [-0.3, -0.25) is 14.9 Å². The van der Waals surface area contributed by atoms with Crippen molar-refractivity contribution in [2.45, 2.75) is 25.5 Å². The van der Waals surface area contributed by atoms with E-state index in [0.29, 0.717) is 12.2 Å². The Bertz CT molecular complexity index is 701. The van der Waals surface area contributed by atoms with Crippen LogP contribution in [0.3, 0.4) is 0 Å². The number of amides is 4. The molecule has 1 aromatic rings. The smallest absolute Gasteiger partial charge is 0.329 e. The minimum atomic E-state index is -1.20. The first kappa shape index (κ1) is 22.8. The molecule has 3 N–H and O–H groups in total. The van der Waals surface area contributed by atoms with Crippen LogP contribution in [-0.2, 0) is 14.3 Å². The van der Waals surface area contributed by atoms with Crippen LogP contribution < -0.4 is 16.0 Å². The van der Waals surface area contributed by atoms with Crippen molar-refractivity contribution in [2.75, 3.05) is 19.1 Å². The third kappa shape index (κ3) is 7.48. The van der Waals surface area contributed by atoms with Crippen molar-refractivity contribution in [3.8, 4) is 0 Å². The number of halogens is 1. The molecule has 1 rings (SSSR count). The molecule has 0 spiro atoms. The quantitative estimate of drug-likeness (QED) is 0.555. The molecule has 0 fully saturated rings. The number of rotatable bonds is 8. The summed E-state index contributed by atoms with van der Waals surface area (Å²) in [5.74, 6) is -1.49. The Balaban J connectivity index is 2.78. The highest BCUT2D eigenvalue weighted by Crippen LogP contribution is 2.15. The normalized spacial score (nSPS) is 12.4. The molecular formula is C17H22ClN3O5S. The zero-order valence-corrected chi connectivity index (χ0v) is 16.8. The van der Waals surface area contributed by atoms with E-state index in [2.05, 4.69) is 10.6 Å². The average molecular weight is 416 g/mol. The van der Waals surface area contributed by atoms with Crippen molar-refractivity contribution in [3.63, 3.8) is 0 Å². The minimum absolute atomic E-state index is 0.228. The number of esters is 1. The van der Waals surface area contributed by atoms with E-state index in [1.807, 2.05) is 11.6 Å². The Morgan fingerprint density at radius 1 is 1.22 bits per heavy atom. The number of ether oxygens (including phenoxy) is 1. The fraction of sp³-hybridized carbons (Fsp3) is 0.412. The van der Waals surface area contributed by atoms with Gasteiger partial charge in [0.05, 0.1) is 10.6 Å². The monoisotopic (exact) mass is 415 g/mol. The highest BCUT2D eigenvalue weighted by Gasteiger charge is 2.27. The zero-order valence-electron chi connectivity index (χ0n) is 15.2. The molecule has 0 bridgehead atoms. The number of thioether (sulfide) groups is 1. The van der Waals surface area contributed by atoms with Gasteiger partial charge in [-0.2, -0.15) is 11.8 Å². The third-order valence-electron chi connectivity index (χ3n) is 3.44. The van der Waals surface area contributed by atoms with E-state index in [4.69, 9.17) is 16.3 Å². The number of nitrogens with one attached hydrogen (secondary N) is 3. The van der Waals surface area contributed by atoms with Crippen molar-refractivity contribution < 1.29 is 23.9 Å². The van der Waals surface area contributed by atoms with E-state index in [9.17, 15) is 19.2 Å². The maximum atomic E-state index is 12.4. The van der Waals surface area contributed by atoms with Crippen LogP contribution in [0.25, 0.3) is 0 Å². The summed E-state index contributed by atoms with van der Waals surface area (Å²) in [6.07, 6.45) is 0.960. The summed E-state index contributed by atoms with van der Waals surface area (Å²) in [7, 11) is 1.35. The first-order chi connectivity index (χ1) is 12.8. The Kier molecular flexibility index (Phi) is 9.66. The molecule has 0 aliphatic carbocycles. The van der Waals surface area contributed by atoms with Gasteiger partial charge >= 0.3 is 12.0 Å². The predicted molar refractivity (Wildman–Crippen MR) is 104 cm³/mol. The molecule has 0 saturated carbocycles. The van der Waals surface area contributed by atoms with Gasteiger partial charge in [0.2, 0.25) is 0 Å². The SMILES string of the molecule is CNC(=O)NC(=O)[C@@H](C)OC(=O)[C@H](CCSC)NC(=O)c1ccccc1Cl. The fourth-order valence-corrected chi connectivity index (χ4v) is 2.64. The maximum absolute atomic E-state index is 12.4. The number of hydrogen-bond acceptors (Lipinski definition) is 6. The lowest BCUT2D eigenvalue weighted by Crippen LogP contribution is -2.47. The number of carbonyl (C=O) groups excluding carboxylic acids is 4. The topological polar surface area (TPSA) is 114 Å². The summed E-state index contributed by atoms with van der Waals surface area (Å²) in [6.45, 7) is 1.33. The molecular weight excluding hydrogens is 394 g/mol. The first-order valence-electron chi connectivity index (χ1n) is 8.07. The Morgan fingerprint density at radius 2 is 1.89 bits per heavy atom. The molecule has 0 unspecified atom stereocenters. The summed E-state index contributed by atoms with van der Waals surface area (Å²) in [5.41, 5.74) is 0.228. The standard InChI is InChI=1S/C17H22ClN3O5S/c1-10(14(22)21-17(25)19-2)26-16(24)13(8-9-27-3)20-15(23)11-6-4-5-7-12(11)18/h4-7,10,13H,8-9H2,1-3H3,(H,20,23)(H2,19,21,22,25)/t10-,13+/m1/s1. The third-order valence-corrected chi connectivity index (χ3v) is 4.42. The number of hydrogen-bond donors (Lipinski definition) is 3. The van der Waals surface area contributed by atoms with Crippen LogP contribution >= 0.6 is 23.4 Å². The van der Waals surface area contributed by atoms with Crippen LogP contribution in [0, 0.1) is 0 Å². The lowest BCUT2D eigenvalue weighted by Gasteiger charge is -2.20. The van der Waals surface area contributed by atoms with Gasteiger partial charge in [0, 0.05) is 7.05 Å². The number of carbonyl (C=O) groups is 4. The molecule has 8 nitrogen and oxygen atoms in total. The molecule has 4 amide bonds. The van der Waals surface area contributed by atoms with E-state index in [-0.39, 0.29) is 10.6 Å². The number of imide groups is 1. The molecule has 2 atom stereocenters. The summed E-state index contributed by atoms with van der Waals surface area (Å²) >= 11 is 7.50. The van der Waals surface area contributed by atoms with Crippen LogP contribution in [0.1, 0.15) is 23.7 Å². The van der Waals surface area contributed by atoms with E-state index in [0.717, 1.165) is 0 Å². The largest absolute Gasteiger partial charge is 0.451 e. The van der Waals surface area contributed by atoms with Gasteiger partial charge in [0.15, 0.2) is 6.10 Å².